The Morgan fingerprint density at radius 3 is 1.76 bits per heavy atom. The van der Waals surface area contributed by atoms with Gasteiger partial charge in [-0.3, -0.25) is 6.08 Å². The Hall–Kier alpha value is -1.96. The second-order valence-electron chi connectivity index (χ2n) is 7.91. The van der Waals surface area contributed by atoms with Crippen molar-refractivity contribution in [1.29, 1.82) is 0 Å². The van der Waals surface area contributed by atoms with Crippen molar-refractivity contribution in [3.05, 3.63) is 156 Å². The molecule has 2 aliphatic rings. The maximum atomic E-state index is 3.56. The number of rotatable bonds is 2. The molecule has 4 heteroatoms. The van der Waals surface area contributed by atoms with Gasteiger partial charge in [0, 0.05) is 0 Å². The van der Waals surface area contributed by atoms with Crippen LogP contribution in [-0.4, -0.2) is 6.88 Å². The van der Waals surface area contributed by atoms with Gasteiger partial charge in [-0.1, -0.05) is 44.0 Å². The van der Waals surface area contributed by atoms with Crippen LogP contribution in [0.25, 0.3) is 11.1 Å². The van der Waals surface area contributed by atoms with Crippen LogP contribution in [0.3, 0.4) is 0 Å². The molecular formula is C34H34Cl2SiZr-4. The Kier molecular flexibility index (Phi) is 21.8. The molecule has 0 heterocycles. The molecule has 0 bridgehead atoms. The van der Waals surface area contributed by atoms with Crippen molar-refractivity contribution < 1.29 is 23.3 Å². The summed E-state index contributed by atoms with van der Waals surface area (Å²) in [6.07, 6.45) is 13.3. The molecule has 0 saturated carbocycles. The van der Waals surface area contributed by atoms with Gasteiger partial charge in [0.2, 0.25) is 0 Å². The molecule has 0 fully saturated rings. The zero-order valence-corrected chi connectivity index (χ0v) is 27.1. The minimum atomic E-state index is 0. The maximum Gasteiger partial charge on any atom is -0.171 e. The van der Waals surface area contributed by atoms with E-state index in [0.29, 0.717) is 0 Å². The molecule has 0 saturated heterocycles. The van der Waals surface area contributed by atoms with Crippen LogP contribution < -0.4 is 0 Å². The Bertz CT molecular complexity index is 1050. The summed E-state index contributed by atoms with van der Waals surface area (Å²) in [6.45, 7) is 7.47. The van der Waals surface area contributed by atoms with Crippen LogP contribution in [0.5, 0.6) is 0 Å². The van der Waals surface area contributed by atoms with E-state index in [-0.39, 0.29) is 24.8 Å². The molecule has 0 atom stereocenters. The monoisotopic (exact) mass is 630 g/mol. The third kappa shape index (κ3) is 13.2. The van der Waals surface area contributed by atoms with E-state index in [1.165, 1.54) is 56.7 Å². The summed E-state index contributed by atoms with van der Waals surface area (Å²) in [6, 6.07) is 39.9. The summed E-state index contributed by atoms with van der Waals surface area (Å²) in [5.41, 5.74) is 8.42. The summed E-state index contributed by atoms with van der Waals surface area (Å²) < 4.78 is 0. The number of fused-ring (bicyclic) bond motifs is 3. The average molecular weight is 633 g/mol. The molecule has 0 aliphatic heterocycles. The van der Waals surface area contributed by atoms with Crippen molar-refractivity contribution in [3.63, 3.8) is 0 Å². The van der Waals surface area contributed by atoms with Crippen LogP contribution in [0.15, 0.2) is 109 Å². The van der Waals surface area contributed by atoms with Crippen LogP contribution in [-0.2, 0) is 42.6 Å². The summed E-state index contributed by atoms with van der Waals surface area (Å²) in [7, 11) is 0. The normalized spacial score (nSPS) is 10.4. The van der Waals surface area contributed by atoms with Crippen LogP contribution in [0.1, 0.15) is 42.5 Å². The van der Waals surface area contributed by atoms with Gasteiger partial charge in [-0.25, -0.2) is 12.2 Å². The minimum Gasteiger partial charge on any atom is -0.184 e. The van der Waals surface area contributed by atoms with Gasteiger partial charge in [0.15, 0.2) is 0 Å². The molecule has 2 radical (unpaired) electrons. The van der Waals surface area contributed by atoms with Crippen molar-refractivity contribution in [1.82, 2.24) is 0 Å². The second-order valence-corrected chi connectivity index (χ2v) is 7.91. The Balaban J connectivity index is 0.000000540. The molecule has 0 nitrogen and oxygen atoms in total. The van der Waals surface area contributed by atoms with Crippen LogP contribution in [0, 0.1) is 24.3 Å². The van der Waals surface area contributed by atoms with Gasteiger partial charge in [0.05, 0.1) is 0 Å². The van der Waals surface area contributed by atoms with E-state index < -0.39 is 0 Å². The third-order valence-electron chi connectivity index (χ3n) is 5.50. The predicted octanol–water partition coefficient (Wildman–Crippen LogP) is 8.92. The predicted molar refractivity (Wildman–Crippen MR) is 165 cm³/mol. The SMILES string of the molecule is CCc1[c-]c2c(cc1)-c1ccc(CC)cc1C2.Cl.Cl.[C-]1=CC=CC1.[Si]=[Zr].[c-]1ccccc1.[c-]1ccccc1. The molecular weight excluding hydrogens is 599 g/mol. The fourth-order valence-corrected chi connectivity index (χ4v) is 3.68. The van der Waals surface area contributed by atoms with Gasteiger partial charge in [-0.05, 0) is 24.0 Å². The summed E-state index contributed by atoms with van der Waals surface area (Å²) >= 11 is 1.36. The fourth-order valence-electron chi connectivity index (χ4n) is 3.68. The summed E-state index contributed by atoms with van der Waals surface area (Å²) in [5.74, 6) is 0. The average Bonchev–Trinajstić information content (AvgIpc) is 3.68. The molecule has 2 aliphatic carbocycles. The van der Waals surface area contributed by atoms with E-state index in [1.807, 2.05) is 72.8 Å². The van der Waals surface area contributed by atoms with Gasteiger partial charge in [0.1, 0.15) is 0 Å². The van der Waals surface area contributed by atoms with Crippen LogP contribution in [0.4, 0.5) is 0 Å². The van der Waals surface area contributed by atoms with Gasteiger partial charge in [-0.2, -0.15) is 103 Å². The zero-order chi connectivity index (χ0) is 25.8. The number of hydrogen-bond acceptors (Lipinski definition) is 0. The van der Waals surface area contributed by atoms with Crippen LogP contribution >= 0.6 is 24.8 Å². The van der Waals surface area contributed by atoms with Crippen molar-refractivity contribution in [3.8, 4) is 11.1 Å². The smallest absolute Gasteiger partial charge is 0.171 e. The van der Waals surface area contributed by atoms with E-state index in [0.717, 1.165) is 25.7 Å². The standard InChI is InChI=1S/C17H17.2C6H5.C5H5.2ClH.Si.Zr/c1-3-12-5-7-16-14(9-12)11-15-10-13(4-2)6-8-17(15)16;2*1-2-4-6-5-3-1;1-2-4-5-3-1;;;;/h5-9H,3-4,11H2,1-2H3;2*1-5H;1-3H,4H2;2*1H;;/q4*-1;;;;. The molecule has 0 aromatic heterocycles. The van der Waals surface area contributed by atoms with E-state index in [1.54, 1.807) is 0 Å². The number of aryl methyl sites for hydroxylation is 2. The maximum absolute atomic E-state index is 3.56. The Labute approximate surface area is 259 Å². The number of hydrogen-bond donors (Lipinski definition) is 0. The first-order valence-electron chi connectivity index (χ1n) is 12.3. The van der Waals surface area contributed by atoms with E-state index >= 15 is 0 Å². The Morgan fingerprint density at radius 1 is 0.763 bits per heavy atom. The van der Waals surface area contributed by atoms with Crippen molar-refractivity contribution in [2.45, 2.75) is 39.5 Å². The first kappa shape index (κ1) is 36.0. The largest absolute Gasteiger partial charge is 0.184 e. The quantitative estimate of drug-likeness (QED) is 0.135. The molecule has 38 heavy (non-hydrogen) atoms. The molecule has 0 unspecified atom stereocenters. The van der Waals surface area contributed by atoms with E-state index in [9.17, 15) is 0 Å². The first-order chi connectivity index (χ1) is 17.8. The molecule has 0 spiro atoms. The Morgan fingerprint density at radius 2 is 1.37 bits per heavy atom. The summed E-state index contributed by atoms with van der Waals surface area (Å²) in [5, 5.41) is 0. The third-order valence-corrected chi connectivity index (χ3v) is 5.50. The number of halogens is 2. The molecule has 0 amide bonds. The fraction of sp³-hybridized carbons (Fsp3) is 0.176. The van der Waals surface area contributed by atoms with Crippen molar-refractivity contribution >= 4 is 31.7 Å². The van der Waals surface area contributed by atoms with Gasteiger partial charge < -0.3 is 0 Å². The minimum absolute atomic E-state index is 0. The molecule has 4 aromatic rings. The van der Waals surface area contributed by atoms with E-state index in [2.05, 4.69) is 81.4 Å². The second kappa shape index (κ2) is 23.0. The van der Waals surface area contributed by atoms with Crippen LogP contribution in [0.2, 0.25) is 0 Å². The van der Waals surface area contributed by atoms with Gasteiger partial charge in [0.25, 0.3) is 0 Å². The molecule has 0 N–H and O–H groups in total. The van der Waals surface area contributed by atoms with Gasteiger partial charge >= 0.3 is 30.2 Å². The first-order valence-corrected chi connectivity index (χ1v) is 16.5. The van der Waals surface area contributed by atoms with Crippen molar-refractivity contribution in [2.75, 3.05) is 0 Å². The van der Waals surface area contributed by atoms with Gasteiger partial charge in [-0.15, -0.1) is 42.4 Å². The molecule has 196 valence electrons. The zero-order valence-electron chi connectivity index (χ0n) is 22.0. The number of allylic oxidation sites excluding steroid dienone is 4. The topological polar surface area (TPSA) is 0 Å². The van der Waals surface area contributed by atoms with Crippen molar-refractivity contribution in [2.24, 2.45) is 0 Å². The summed E-state index contributed by atoms with van der Waals surface area (Å²) in [4.78, 5) is 0. The molecule has 6 rings (SSSR count). The molecule has 4 aromatic carbocycles. The number of benzene rings is 4. The van der Waals surface area contributed by atoms with E-state index in [4.69, 9.17) is 0 Å².